The highest BCUT2D eigenvalue weighted by molar-refractivity contribution is 7.22. The zero-order chi connectivity index (χ0) is 20.2. The van der Waals surface area contributed by atoms with E-state index in [1.165, 1.54) is 30.3 Å². The normalized spacial score (nSPS) is 14.8. The van der Waals surface area contributed by atoms with Crippen molar-refractivity contribution in [2.75, 3.05) is 45.7 Å². The summed E-state index contributed by atoms with van der Waals surface area (Å²) in [6.45, 7) is 3.77. The van der Waals surface area contributed by atoms with Crippen molar-refractivity contribution in [2.45, 2.75) is 6.54 Å². The Morgan fingerprint density at radius 2 is 2.00 bits per heavy atom. The van der Waals surface area contributed by atoms with Gasteiger partial charge in [-0.3, -0.25) is 10.2 Å². The fraction of sp³-hybridized carbons (Fsp3) is 0.368. The number of nitrogens with zero attached hydrogens (tertiary/aromatic N) is 5. The molecular formula is C19H22N6O3S. The molecule has 0 unspecified atom stereocenters. The van der Waals surface area contributed by atoms with E-state index in [-0.39, 0.29) is 6.03 Å². The summed E-state index contributed by atoms with van der Waals surface area (Å²) in [5.41, 5.74) is 1.75. The molecule has 1 aliphatic rings. The number of piperazine rings is 1. The lowest BCUT2D eigenvalue weighted by molar-refractivity contribution is 0.143. The lowest BCUT2D eigenvalue weighted by Crippen LogP contribution is -2.49. The smallest absolute Gasteiger partial charge is 0.323 e. The Kier molecular flexibility index (Phi) is 5.72. The third-order valence-corrected chi connectivity index (χ3v) is 5.65. The molecule has 0 bridgehead atoms. The van der Waals surface area contributed by atoms with Crippen LogP contribution in [-0.2, 0) is 6.54 Å². The standard InChI is InChI=1S/C19H22N6O3S/c1-27-14-5-3-4-13(10-14)11-24-6-8-25(9-7-24)19(26)23-18-22-15-16(28-2)20-12-21-17(15)29-18/h3-5,10,12H,6-9,11H2,1-2H3,(H,22,23,26). The summed E-state index contributed by atoms with van der Waals surface area (Å²) in [5.74, 6) is 1.26. The predicted octanol–water partition coefficient (Wildman–Crippen LogP) is 2.45. The molecule has 0 spiro atoms. The van der Waals surface area contributed by atoms with Crippen molar-refractivity contribution in [3.63, 3.8) is 0 Å². The highest BCUT2D eigenvalue weighted by Crippen LogP contribution is 2.29. The molecule has 0 aliphatic carbocycles. The second-order valence-electron chi connectivity index (χ2n) is 6.60. The van der Waals surface area contributed by atoms with Gasteiger partial charge in [0, 0.05) is 32.7 Å². The minimum Gasteiger partial charge on any atom is -0.497 e. The number of hydrogen-bond acceptors (Lipinski definition) is 8. The Hall–Kier alpha value is -2.98. The van der Waals surface area contributed by atoms with Gasteiger partial charge in [-0.2, -0.15) is 4.98 Å². The van der Waals surface area contributed by atoms with Gasteiger partial charge in [-0.15, -0.1) is 0 Å². The molecule has 1 aliphatic heterocycles. The summed E-state index contributed by atoms with van der Waals surface area (Å²) in [6.07, 6.45) is 1.42. The van der Waals surface area contributed by atoms with Gasteiger partial charge >= 0.3 is 6.03 Å². The number of carbonyl (C=O) groups excluding carboxylic acids is 1. The summed E-state index contributed by atoms with van der Waals surface area (Å²) >= 11 is 1.30. The first kappa shape index (κ1) is 19.3. The molecule has 1 N–H and O–H groups in total. The first-order valence-corrected chi connectivity index (χ1v) is 10.0. The molecule has 2 aromatic heterocycles. The maximum Gasteiger partial charge on any atom is 0.323 e. The predicted molar refractivity (Wildman–Crippen MR) is 111 cm³/mol. The quantitative estimate of drug-likeness (QED) is 0.685. The number of ether oxygens (including phenoxy) is 2. The lowest BCUT2D eigenvalue weighted by atomic mass is 10.2. The molecule has 1 saturated heterocycles. The number of methoxy groups -OCH3 is 2. The number of benzene rings is 1. The second kappa shape index (κ2) is 8.58. The van der Waals surface area contributed by atoms with Gasteiger partial charge < -0.3 is 14.4 Å². The molecular weight excluding hydrogens is 392 g/mol. The largest absolute Gasteiger partial charge is 0.497 e. The number of rotatable bonds is 5. The van der Waals surface area contributed by atoms with Gasteiger partial charge in [-0.1, -0.05) is 23.5 Å². The van der Waals surface area contributed by atoms with Crippen molar-refractivity contribution in [1.82, 2.24) is 24.8 Å². The Bertz CT molecular complexity index is 1000. The van der Waals surface area contributed by atoms with Crippen LogP contribution in [0, 0.1) is 0 Å². The van der Waals surface area contributed by atoms with Crippen LogP contribution in [0.2, 0.25) is 0 Å². The molecule has 4 rings (SSSR count). The van der Waals surface area contributed by atoms with Crippen LogP contribution in [-0.4, -0.2) is 71.2 Å². The minimum atomic E-state index is -0.156. The summed E-state index contributed by atoms with van der Waals surface area (Å²) in [7, 11) is 3.20. The Morgan fingerprint density at radius 1 is 1.17 bits per heavy atom. The molecule has 2 amide bonds. The van der Waals surface area contributed by atoms with E-state index in [9.17, 15) is 4.79 Å². The molecule has 0 radical (unpaired) electrons. The molecule has 152 valence electrons. The van der Waals surface area contributed by atoms with Gasteiger partial charge in [0.25, 0.3) is 0 Å². The molecule has 9 nitrogen and oxygen atoms in total. The van der Waals surface area contributed by atoms with Crippen LogP contribution < -0.4 is 14.8 Å². The molecule has 1 fully saturated rings. The van der Waals surface area contributed by atoms with Crippen molar-refractivity contribution in [2.24, 2.45) is 0 Å². The maximum absolute atomic E-state index is 12.6. The van der Waals surface area contributed by atoms with Crippen LogP contribution >= 0.6 is 11.3 Å². The van der Waals surface area contributed by atoms with E-state index in [0.717, 1.165) is 25.4 Å². The summed E-state index contributed by atoms with van der Waals surface area (Å²) < 4.78 is 10.5. The van der Waals surface area contributed by atoms with Gasteiger partial charge in [0.05, 0.1) is 14.2 Å². The van der Waals surface area contributed by atoms with Crippen LogP contribution in [0.5, 0.6) is 11.6 Å². The number of thiazole rings is 1. The summed E-state index contributed by atoms with van der Waals surface area (Å²) in [5, 5.41) is 3.36. The Morgan fingerprint density at radius 3 is 2.76 bits per heavy atom. The van der Waals surface area contributed by atoms with E-state index < -0.39 is 0 Å². The number of urea groups is 1. The highest BCUT2D eigenvalue weighted by Gasteiger charge is 2.22. The molecule has 10 heteroatoms. The Labute approximate surface area is 172 Å². The van der Waals surface area contributed by atoms with Crippen molar-refractivity contribution in [1.29, 1.82) is 0 Å². The molecule has 3 heterocycles. The van der Waals surface area contributed by atoms with E-state index in [0.29, 0.717) is 34.4 Å². The SMILES string of the molecule is COc1cccc(CN2CCN(C(=O)Nc3nc4c(OC)ncnc4s3)CC2)c1. The number of aromatic nitrogens is 3. The van der Waals surface area contributed by atoms with E-state index in [1.807, 2.05) is 18.2 Å². The van der Waals surface area contributed by atoms with Gasteiger partial charge in [-0.05, 0) is 17.7 Å². The van der Waals surface area contributed by atoms with Crippen molar-refractivity contribution >= 4 is 32.8 Å². The lowest BCUT2D eigenvalue weighted by Gasteiger charge is -2.34. The molecule has 1 aromatic carbocycles. The van der Waals surface area contributed by atoms with Crippen LogP contribution in [0.1, 0.15) is 5.56 Å². The third kappa shape index (κ3) is 4.38. The molecule has 3 aromatic rings. The van der Waals surface area contributed by atoms with Crippen LogP contribution in [0.3, 0.4) is 0 Å². The third-order valence-electron chi connectivity index (χ3n) is 4.77. The zero-order valence-corrected chi connectivity index (χ0v) is 17.1. The number of carbonyl (C=O) groups is 1. The summed E-state index contributed by atoms with van der Waals surface area (Å²) in [6, 6.07) is 7.91. The number of anilines is 1. The monoisotopic (exact) mass is 414 g/mol. The minimum absolute atomic E-state index is 0.156. The van der Waals surface area contributed by atoms with E-state index in [1.54, 1.807) is 12.0 Å². The van der Waals surface area contributed by atoms with E-state index in [4.69, 9.17) is 9.47 Å². The second-order valence-corrected chi connectivity index (χ2v) is 7.58. The van der Waals surface area contributed by atoms with E-state index >= 15 is 0 Å². The number of amides is 2. The highest BCUT2D eigenvalue weighted by atomic mass is 32.1. The molecule has 0 saturated carbocycles. The fourth-order valence-corrected chi connectivity index (χ4v) is 4.03. The number of hydrogen-bond donors (Lipinski definition) is 1. The zero-order valence-electron chi connectivity index (χ0n) is 16.3. The number of fused-ring (bicyclic) bond motifs is 1. The van der Waals surface area contributed by atoms with Crippen molar-refractivity contribution in [3.05, 3.63) is 36.2 Å². The molecule has 0 atom stereocenters. The van der Waals surface area contributed by atoms with Gasteiger partial charge in [-0.25, -0.2) is 14.8 Å². The van der Waals surface area contributed by atoms with Crippen LogP contribution in [0.25, 0.3) is 10.3 Å². The number of nitrogens with one attached hydrogen (secondary N) is 1. The summed E-state index contributed by atoms with van der Waals surface area (Å²) in [4.78, 5) is 30.0. The van der Waals surface area contributed by atoms with Crippen molar-refractivity contribution in [3.8, 4) is 11.6 Å². The van der Waals surface area contributed by atoms with Crippen molar-refractivity contribution < 1.29 is 14.3 Å². The van der Waals surface area contributed by atoms with Crippen LogP contribution in [0.4, 0.5) is 9.93 Å². The van der Waals surface area contributed by atoms with Gasteiger partial charge in [0.15, 0.2) is 15.5 Å². The Balaban J connectivity index is 1.33. The topological polar surface area (TPSA) is 92.7 Å². The maximum atomic E-state index is 12.6. The van der Waals surface area contributed by atoms with Gasteiger partial charge in [0.2, 0.25) is 5.88 Å². The molecule has 29 heavy (non-hydrogen) atoms. The average Bonchev–Trinajstić information content (AvgIpc) is 3.16. The first-order valence-electron chi connectivity index (χ1n) is 9.23. The average molecular weight is 414 g/mol. The first-order chi connectivity index (χ1) is 14.2. The fourth-order valence-electron chi connectivity index (χ4n) is 3.25. The van der Waals surface area contributed by atoms with Gasteiger partial charge in [0.1, 0.15) is 12.1 Å². The van der Waals surface area contributed by atoms with Crippen LogP contribution in [0.15, 0.2) is 30.6 Å². The van der Waals surface area contributed by atoms with E-state index in [2.05, 4.69) is 31.2 Å².